The van der Waals surface area contributed by atoms with E-state index in [1.54, 1.807) is 18.2 Å². The summed E-state index contributed by atoms with van der Waals surface area (Å²) < 4.78 is 16.0. The number of carbonyl (C=O) groups excluding carboxylic acids is 2. The Bertz CT molecular complexity index is 878. The largest absolute Gasteiger partial charge is 0.494 e. The molecule has 0 saturated heterocycles. The molecule has 0 N–H and O–H groups in total. The number of hydrogen-bond donors (Lipinski definition) is 0. The zero-order chi connectivity index (χ0) is 19.4. The van der Waals surface area contributed by atoms with Crippen molar-refractivity contribution in [2.45, 2.75) is 20.3 Å². The number of hydrogen-bond acceptors (Lipinski definition) is 5. The van der Waals surface area contributed by atoms with Gasteiger partial charge in [-0.15, -0.1) is 0 Å². The Labute approximate surface area is 158 Å². The lowest BCUT2D eigenvalue weighted by Gasteiger charge is -2.08. The third-order valence-electron chi connectivity index (χ3n) is 4.23. The van der Waals surface area contributed by atoms with Crippen LogP contribution in [0.15, 0.2) is 48.2 Å². The van der Waals surface area contributed by atoms with Crippen LogP contribution in [0.2, 0.25) is 0 Å². The monoisotopic (exact) mass is 366 g/mol. The lowest BCUT2D eigenvalue weighted by atomic mass is 10.1. The summed E-state index contributed by atoms with van der Waals surface area (Å²) in [5, 5.41) is 0. The second kappa shape index (κ2) is 8.08. The minimum atomic E-state index is -0.490. The summed E-state index contributed by atoms with van der Waals surface area (Å²) >= 11 is 0. The van der Waals surface area contributed by atoms with Crippen molar-refractivity contribution in [3.05, 3.63) is 64.9 Å². The molecule has 0 unspecified atom stereocenters. The lowest BCUT2D eigenvalue weighted by molar-refractivity contribution is 0.0600. The Morgan fingerprint density at radius 1 is 1.15 bits per heavy atom. The number of ketones is 1. The van der Waals surface area contributed by atoms with Crippen LogP contribution in [0, 0.1) is 5.92 Å². The molecule has 1 aliphatic rings. The Morgan fingerprint density at radius 2 is 1.89 bits per heavy atom. The summed E-state index contributed by atoms with van der Waals surface area (Å²) in [7, 11) is 1.30. The molecule has 0 bridgehead atoms. The molecule has 2 aromatic carbocycles. The molecule has 0 amide bonds. The number of ether oxygens (including phenoxy) is 3. The number of fused-ring (bicyclic) bond motifs is 1. The number of methoxy groups -OCH3 is 1. The van der Waals surface area contributed by atoms with Crippen LogP contribution in [0.5, 0.6) is 11.5 Å². The molecule has 5 heteroatoms. The SMILES string of the molecule is COC(=O)c1ccc2c(c1)C(=O)C(=Cc1ccc(OCCC(C)C)cc1)O2. The van der Waals surface area contributed by atoms with Gasteiger partial charge in [0.1, 0.15) is 11.5 Å². The van der Waals surface area contributed by atoms with Crippen LogP contribution in [-0.2, 0) is 4.74 Å². The van der Waals surface area contributed by atoms with E-state index in [2.05, 4.69) is 18.6 Å². The fraction of sp³-hybridized carbons (Fsp3) is 0.273. The van der Waals surface area contributed by atoms with E-state index in [4.69, 9.17) is 9.47 Å². The fourth-order valence-corrected chi connectivity index (χ4v) is 2.66. The summed E-state index contributed by atoms with van der Waals surface area (Å²) in [6, 6.07) is 12.2. The molecule has 3 rings (SSSR count). The minimum absolute atomic E-state index is 0.223. The van der Waals surface area contributed by atoms with Gasteiger partial charge in [0.2, 0.25) is 5.78 Å². The Morgan fingerprint density at radius 3 is 2.56 bits per heavy atom. The third-order valence-corrected chi connectivity index (χ3v) is 4.23. The molecule has 0 radical (unpaired) electrons. The van der Waals surface area contributed by atoms with Crippen LogP contribution in [0.1, 0.15) is 46.5 Å². The van der Waals surface area contributed by atoms with E-state index in [1.165, 1.54) is 13.2 Å². The fourth-order valence-electron chi connectivity index (χ4n) is 2.66. The number of Topliss-reactive ketones (excluding diaryl/α,β-unsaturated/α-hetero) is 1. The predicted octanol–water partition coefficient (Wildman–Crippen LogP) is 4.51. The number of allylic oxidation sites excluding steroid dienone is 1. The molecule has 140 valence electrons. The molecule has 0 atom stereocenters. The lowest BCUT2D eigenvalue weighted by Crippen LogP contribution is -2.03. The smallest absolute Gasteiger partial charge is 0.337 e. The standard InChI is InChI=1S/C22H22O5/c1-14(2)10-11-26-17-7-4-15(5-8-17)12-20-21(23)18-13-16(22(24)25-3)6-9-19(18)27-20/h4-9,12-14H,10-11H2,1-3H3. The van der Waals surface area contributed by atoms with Crippen molar-refractivity contribution in [3.63, 3.8) is 0 Å². The van der Waals surface area contributed by atoms with Crippen molar-refractivity contribution in [3.8, 4) is 11.5 Å². The highest BCUT2D eigenvalue weighted by molar-refractivity contribution is 6.15. The highest BCUT2D eigenvalue weighted by Gasteiger charge is 2.28. The van der Waals surface area contributed by atoms with E-state index in [0.29, 0.717) is 29.4 Å². The highest BCUT2D eigenvalue weighted by atomic mass is 16.5. The first-order valence-corrected chi connectivity index (χ1v) is 8.87. The van der Waals surface area contributed by atoms with Gasteiger partial charge >= 0.3 is 5.97 Å². The van der Waals surface area contributed by atoms with Crippen LogP contribution in [0.25, 0.3) is 6.08 Å². The number of benzene rings is 2. The van der Waals surface area contributed by atoms with Crippen molar-refractivity contribution in [2.24, 2.45) is 5.92 Å². The van der Waals surface area contributed by atoms with Crippen LogP contribution >= 0.6 is 0 Å². The van der Waals surface area contributed by atoms with E-state index in [0.717, 1.165) is 17.7 Å². The topological polar surface area (TPSA) is 61.8 Å². The van der Waals surface area contributed by atoms with Gasteiger partial charge in [-0.05, 0) is 54.3 Å². The van der Waals surface area contributed by atoms with Crippen LogP contribution in [0.4, 0.5) is 0 Å². The molecule has 0 fully saturated rings. The predicted molar refractivity (Wildman–Crippen MR) is 102 cm³/mol. The van der Waals surface area contributed by atoms with Gasteiger partial charge in [0, 0.05) is 0 Å². The van der Waals surface area contributed by atoms with Gasteiger partial charge in [0.15, 0.2) is 5.76 Å². The van der Waals surface area contributed by atoms with Gasteiger partial charge < -0.3 is 14.2 Å². The average Bonchev–Trinajstić information content (AvgIpc) is 2.97. The van der Waals surface area contributed by atoms with Gasteiger partial charge in [-0.25, -0.2) is 4.79 Å². The van der Waals surface area contributed by atoms with E-state index in [9.17, 15) is 9.59 Å². The molecule has 0 saturated carbocycles. The quantitative estimate of drug-likeness (QED) is 0.556. The summed E-state index contributed by atoms with van der Waals surface area (Å²) in [6.45, 7) is 4.99. The average molecular weight is 366 g/mol. The molecule has 2 aromatic rings. The molecule has 1 heterocycles. The highest BCUT2D eigenvalue weighted by Crippen LogP contribution is 2.33. The van der Waals surface area contributed by atoms with Crippen LogP contribution in [0.3, 0.4) is 0 Å². The van der Waals surface area contributed by atoms with Gasteiger partial charge in [-0.1, -0.05) is 26.0 Å². The summed E-state index contributed by atoms with van der Waals surface area (Å²) in [4.78, 5) is 24.2. The Balaban J connectivity index is 1.72. The van der Waals surface area contributed by atoms with Crippen molar-refractivity contribution in [1.29, 1.82) is 0 Å². The maximum atomic E-state index is 12.6. The van der Waals surface area contributed by atoms with Crippen molar-refractivity contribution >= 4 is 17.8 Å². The van der Waals surface area contributed by atoms with E-state index >= 15 is 0 Å². The molecule has 0 aromatic heterocycles. The molecule has 0 aliphatic carbocycles. The molecule has 0 spiro atoms. The first-order chi connectivity index (χ1) is 13.0. The summed E-state index contributed by atoms with van der Waals surface area (Å²) in [5.41, 5.74) is 1.51. The Hall–Kier alpha value is -3.08. The van der Waals surface area contributed by atoms with Gasteiger partial charge in [-0.2, -0.15) is 0 Å². The first kappa shape index (κ1) is 18.7. The minimum Gasteiger partial charge on any atom is -0.494 e. The first-order valence-electron chi connectivity index (χ1n) is 8.87. The van der Waals surface area contributed by atoms with Crippen LogP contribution < -0.4 is 9.47 Å². The van der Waals surface area contributed by atoms with Crippen molar-refractivity contribution < 1.29 is 23.8 Å². The normalized spacial score (nSPS) is 14.2. The third kappa shape index (κ3) is 4.37. The van der Waals surface area contributed by atoms with Crippen molar-refractivity contribution in [2.75, 3.05) is 13.7 Å². The number of esters is 1. The molecule has 1 aliphatic heterocycles. The van der Waals surface area contributed by atoms with E-state index in [-0.39, 0.29) is 11.5 Å². The molecule has 27 heavy (non-hydrogen) atoms. The maximum absolute atomic E-state index is 12.6. The zero-order valence-corrected chi connectivity index (χ0v) is 15.7. The van der Waals surface area contributed by atoms with Gasteiger partial charge in [0.25, 0.3) is 0 Å². The van der Waals surface area contributed by atoms with Crippen LogP contribution in [-0.4, -0.2) is 25.5 Å². The Kier molecular flexibility index (Phi) is 5.60. The molecule has 5 nitrogen and oxygen atoms in total. The van der Waals surface area contributed by atoms with Gasteiger partial charge in [0.05, 0.1) is 24.8 Å². The summed E-state index contributed by atoms with van der Waals surface area (Å²) in [5.74, 6) is 1.31. The number of rotatable bonds is 6. The van der Waals surface area contributed by atoms with Crippen molar-refractivity contribution in [1.82, 2.24) is 0 Å². The zero-order valence-electron chi connectivity index (χ0n) is 15.7. The maximum Gasteiger partial charge on any atom is 0.337 e. The molecular formula is C22H22O5. The second-order valence-corrected chi connectivity index (χ2v) is 6.74. The summed E-state index contributed by atoms with van der Waals surface area (Å²) in [6.07, 6.45) is 2.68. The van der Waals surface area contributed by atoms with E-state index < -0.39 is 5.97 Å². The number of carbonyl (C=O) groups is 2. The molecular weight excluding hydrogens is 344 g/mol. The second-order valence-electron chi connectivity index (χ2n) is 6.74. The van der Waals surface area contributed by atoms with E-state index in [1.807, 2.05) is 24.3 Å². The van der Waals surface area contributed by atoms with Gasteiger partial charge in [-0.3, -0.25) is 4.79 Å².